The molecule has 0 saturated carbocycles. The van der Waals surface area contributed by atoms with Crippen molar-refractivity contribution in [2.75, 3.05) is 5.32 Å². The molecule has 0 fully saturated rings. The Morgan fingerprint density at radius 2 is 2.00 bits per heavy atom. The van der Waals surface area contributed by atoms with Crippen LogP contribution in [0.15, 0.2) is 10.5 Å². The first-order chi connectivity index (χ1) is 10.1. The van der Waals surface area contributed by atoms with E-state index in [-0.39, 0.29) is 10.8 Å². The molecule has 0 bridgehead atoms. The third kappa shape index (κ3) is 5.87. The number of thiazole rings is 1. The van der Waals surface area contributed by atoms with Crippen LogP contribution in [0.5, 0.6) is 0 Å². The zero-order valence-electron chi connectivity index (χ0n) is 12.4. The van der Waals surface area contributed by atoms with E-state index >= 15 is 0 Å². The minimum atomic E-state index is -1.42. The Labute approximate surface area is 129 Å². The Kier molecular flexibility index (Phi) is 5.57. The minimum Gasteiger partial charge on any atom is -0.476 e. The Morgan fingerprint density at radius 1 is 1.36 bits per heavy atom. The van der Waals surface area contributed by atoms with Crippen LogP contribution in [0.25, 0.3) is 0 Å². The van der Waals surface area contributed by atoms with Gasteiger partial charge in [0, 0.05) is 12.3 Å². The van der Waals surface area contributed by atoms with Gasteiger partial charge in [0.25, 0.3) is 0 Å². The van der Waals surface area contributed by atoms with Crippen molar-refractivity contribution < 1.29 is 29.1 Å². The number of carboxylic acids is 1. The molecule has 1 amide bonds. The number of nitrogens with zero attached hydrogens (tertiary/aromatic N) is 2. The SMILES string of the molecule is CC(=O)ON=C(C(=O)O)c1csc(NC(=O)OC(C)(C)C)n1. The maximum atomic E-state index is 11.6. The van der Waals surface area contributed by atoms with E-state index in [0.29, 0.717) is 0 Å². The van der Waals surface area contributed by atoms with Gasteiger partial charge in [0.05, 0.1) is 0 Å². The summed E-state index contributed by atoms with van der Waals surface area (Å²) in [5, 5.41) is 16.1. The molecule has 0 spiro atoms. The van der Waals surface area contributed by atoms with Gasteiger partial charge in [0.2, 0.25) is 5.71 Å². The van der Waals surface area contributed by atoms with Gasteiger partial charge in [-0.3, -0.25) is 5.32 Å². The van der Waals surface area contributed by atoms with Gasteiger partial charge in [-0.1, -0.05) is 5.16 Å². The zero-order chi connectivity index (χ0) is 16.9. The smallest absolute Gasteiger partial charge is 0.413 e. The van der Waals surface area contributed by atoms with E-state index in [0.717, 1.165) is 18.3 Å². The van der Waals surface area contributed by atoms with Crippen molar-refractivity contribution in [1.29, 1.82) is 0 Å². The number of hydrogen-bond donors (Lipinski definition) is 2. The summed E-state index contributed by atoms with van der Waals surface area (Å²) < 4.78 is 5.04. The molecule has 0 radical (unpaired) electrons. The predicted molar refractivity (Wildman–Crippen MR) is 77.9 cm³/mol. The van der Waals surface area contributed by atoms with Crippen molar-refractivity contribution in [3.05, 3.63) is 11.1 Å². The molecule has 0 aliphatic heterocycles. The first-order valence-corrected chi connectivity index (χ1v) is 6.91. The molecule has 0 saturated heterocycles. The summed E-state index contributed by atoms with van der Waals surface area (Å²) in [6.45, 7) is 6.19. The lowest BCUT2D eigenvalue weighted by atomic mass is 10.2. The molecule has 0 aromatic carbocycles. The highest BCUT2D eigenvalue weighted by atomic mass is 32.1. The Balaban J connectivity index is 2.85. The van der Waals surface area contributed by atoms with Gasteiger partial charge in [-0.25, -0.2) is 19.4 Å². The van der Waals surface area contributed by atoms with Crippen LogP contribution in [-0.4, -0.2) is 39.4 Å². The molecule has 0 atom stereocenters. The summed E-state index contributed by atoms with van der Waals surface area (Å²) in [6, 6.07) is 0. The number of amides is 1. The fraction of sp³-hybridized carbons (Fsp3) is 0.417. The second-order valence-electron chi connectivity index (χ2n) is 4.99. The summed E-state index contributed by atoms with van der Waals surface area (Å²) in [6.07, 6.45) is -0.720. The summed E-state index contributed by atoms with van der Waals surface area (Å²) in [5.74, 6) is -2.18. The maximum Gasteiger partial charge on any atom is 0.413 e. The van der Waals surface area contributed by atoms with E-state index < -0.39 is 29.3 Å². The molecule has 1 rings (SSSR count). The molecule has 0 aliphatic rings. The second-order valence-corrected chi connectivity index (χ2v) is 5.85. The van der Waals surface area contributed by atoms with Gasteiger partial charge in [-0.05, 0) is 20.8 Å². The Morgan fingerprint density at radius 3 is 2.50 bits per heavy atom. The molecular weight excluding hydrogens is 314 g/mol. The van der Waals surface area contributed by atoms with Crippen molar-refractivity contribution in [2.24, 2.45) is 5.16 Å². The van der Waals surface area contributed by atoms with Crippen LogP contribution < -0.4 is 5.32 Å². The molecule has 2 N–H and O–H groups in total. The lowest BCUT2D eigenvalue weighted by Crippen LogP contribution is -2.27. The topological polar surface area (TPSA) is 127 Å². The van der Waals surface area contributed by atoms with Gasteiger partial charge in [-0.15, -0.1) is 11.3 Å². The molecular formula is C12H15N3O6S. The molecule has 1 aromatic rings. The van der Waals surface area contributed by atoms with Crippen LogP contribution in [0, 0.1) is 0 Å². The van der Waals surface area contributed by atoms with E-state index in [1.807, 2.05) is 0 Å². The number of nitrogens with one attached hydrogen (secondary N) is 1. The number of carbonyl (C=O) groups is 3. The van der Waals surface area contributed by atoms with Gasteiger partial charge in [0.1, 0.15) is 11.3 Å². The number of hydrogen-bond acceptors (Lipinski definition) is 8. The standard InChI is InChI=1S/C12H15N3O6S/c1-6(16)21-15-8(9(17)18)7-5-22-10(13-7)14-11(19)20-12(2,3)4/h5H,1-4H3,(H,17,18)(H,13,14,19). The monoisotopic (exact) mass is 329 g/mol. The molecule has 120 valence electrons. The minimum absolute atomic E-state index is 0.0511. The summed E-state index contributed by atoms with van der Waals surface area (Å²) in [7, 11) is 0. The van der Waals surface area contributed by atoms with Crippen molar-refractivity contribution >= 4 is 40.2 Å². The number of aromatic nitrogens is 1. The fourth-order valence-electron chi connectivity index (χ4n) is 1.14. The molecule has 9 nitrogen and oxygen atoms in total. The summed E-state index contributed by atoms with van der Waals surface area (Å²) >= 11 is 0.976. The van der Waals surface area contributed by atoms with Crippen LogP contribution in [0.2, 0.25) is 0 Å². The third-order valence-corrected chi connectivity index (χ3v) is 2.58. The van der Waals surface area contributed by atoms with Gasteiger partial charge in [-0.2, -0.15) is 0 Å². The van der Waals surface area contributed by atoms with Crippen LogP contribution in [0.1, 0.15) is 33.4 Å². The van der Waals surface area contributed by atoms with E-state index in [1.54, 1.807) is 20.8 Å². The first kappa shape index (κ1) is 17.6. The first-order valence-electron chi connectivity index (χ1n) is 6.03. The highest BCUT2D eigenvalue weighted by Crippen LogP contribution is 2.18. The highest BCUT2D eigenvalue weighted by Gasteiger charge is 2.20. The van der Waals surface area contributed by atoms with Gasteiger partial charge in [0.15, 0.2) is 5.13 Å². The average molecular weight is 329 g/mol. The van der Waals surface area contributed by atoms with Gasteiger partial charge >= 0.3 is 18.0 Å². The number of aliphatic carboxylic acids is 1. The summed E-state index contributed by atoms with van der Waals surface area (Å²) in [4.78, 5) is 41.5. The van der Waals surface area contributed by atoms with Crippen molar-refractivity contribution in [3.8, 4) is 0 Å². The molecule has 0 unspecified atom stereocenters. The van der Waals surface area contributed by atoms with E-state index in [9.17, 15) is 14.4 Å². The second kappa shape index (κ2) is 6.98. The molecule has 0 aliphatic carbocycles. The molecule has 10 heteroatoms. The zero-order valence-corrected chi connectivity index (χ0v) is 13.2. The number of rotatable bonds is 4. The quantitative estimate of drug-likeness (QED) is 0.490. The van der Waals surface area contributed by atoms with E-state index in [1.165, 1.54) is 5.38 Å². The largest absolute Gasteiger partial charge is 0.476 e. The predicted octanol–water partition coefficient (Wildman–Crippen LogP) is 1.84. The van der Waals surface area contributed by atoms with Gasteiger partial charge < -0.3 is 14.7 Å². The van der Waals surface area contributed by atoms with Crippen molar-refractivity contribution in [3.63, 3.8) is 0 Å². The Bertz CT molecular complexity index is 617. The number of anilines is 1. The van der Waals surface area contributed by atoms with Crippen LogP contribution >= 0.6 is 11.3 Å². The number of ether oxygens (including phenoxy) is 1. The van der Waals surface area contributed by atoms with Crippen LogP contribution in [-0.2, 0) is 19.2 Å². The van der Waals surface area contributed by atoms with Crippen LogP contribution in [0.3, 0.4) is 0 Å². The molecule has 22 heavy (non-hydrogen) atoms. The normalized spacial score (nSPS) is 11.7. The van der Waals surface area contributed by atoms with E-state index in [2.05, 4.69) is 20.3 Å². The maximum absolute atomic E-state index is 11.6. The average Bonchev–Trinajstić information content (AvgIpc) is 2.73. The lowest BCUT2D eigenvalue weighted by Gasteiger charge is -2.18. The molecule has 1 heterocycles. The number of oxime groups is 1. The van der Waals surface area contributed by atoms with Crippen molar-refractivity contribution in [2.45, 2.75) is 33.3 Å². The third-order valence-electron chi connectivity index (χ3n) is 1.82. The fourth-order valence-corrected chi connectivity index (χ4v) is 1.82. The Hall–Kier alpha value is -2.49. The van der Waals surface area contributed by atoms with Crippen molar-refractivity contribution in [1.82, 2.24) is 4.98 Å². The summed E-state index contributed by atoms with van der Waals surface area (Å²) in [5.41, 5.74) is -1.28. The highest BCUT2D eigenvalue weighted by molar-refractivity contribution is 7.14. The number of carboxylic acid groups (broad SMARTS) is 1. The molecule has 1 aromatic heterocycles. The van der Waals surface area contributed by atoms with E-state index in [4.69, 9.17) is 9.84 Å². The lowest BCUT2D eigenvalue weighted by molar-refractivity contribution is -0.141. The van der Waals surface area contributed by atoms with Crippen LogP contribution in [0.4, 0.5) is 9.93 Å². The number of carbonyl (C=O) groups excluding carboxylic acids is 2.